The van der Waals surface area contributed by atoms with Gasteiger partial charge in [0.05, 0.1) is 35.9 Å². The molecule has 0 saturated carbocycles. The van der Waals surface area contributed by atoms with Crippen molar-refractivity contribution in [2.45, 2.75) is 56.4 Å². The molecule has 2 heterocycles. The molecule has 29 heavy (non-hydrogen) atoms. The van der Waals surface area contributed by atoms with E-state index in [2.05, 4.69) is 0 Å². The van der Waals surface area contributed by atoms with Crippen molar-refractivity contribution in [3.63, 3.8) is 0 Å². The molecule has 0 amide bonds. The fraction of sp³-hybridized carbons (Fsp3) is 0.450. The maximum Gasteiger partial charge on any atom is 0.305 e. The Labute approximate surface area is 165 Å². The molecule has 154 valence electrons. The summed E-state index contributed by atoms with van der Waals surface area (Å²) in [4.78, 5) is 37.8. The number of phenolic OH excluding ortho intramolecular Hbond substituents is 1. The van der Waals surface area contributed by atoms with Crippen molar-refractivity contribution in [1.82, 2.24) is 0 Å². The van der Waals surface area contributed by atoms with E-state index in [0.29, 0.717) is 0 Å². The number of carboxylic acids is 1. The van der Waals surface area contributed by atoms with Gasteiger partial charge in [0.25, 0.3) is 0 Å². The van der Waals surface area contributed by atoms with E-state index in [4.69, 9.17) is 9.47 Å². The summed E-state index contributed by atoms with van der Waals surface area (Å²) in [5.74, 6) is -5.15. The number of Topliss-reactive ketones (excluding diaryl/α,β-unsaturated/α-hetero) is 2. The zero-order valence-electron chi connectivity index (χ0n) is 15.5. The average molecular weight is 404 g/mol. The molecular formula is C20H20O9. The van der Waals surface area contributed by atoms with Crippen molar-refractivity contribution in [3.05, 3.63) is 40.5 Å². The van der Waals surface area contributed by atoms with Crippen molar-refractivity contribution < 1.29 is 44.3 Å². The molecule has 1 fully saturated rings. The number of aliphatic hydroxyl groups excluding tert-OH is 2. The van der Waals surface area contributed by atoms with E-state index in [-0.39, 0.29) is 35.1 Å². The molecule has 4 N–H and O–H groups in total. The summed E-state index contributed by atoms with van der Waals surface area (Å²) < 4.78 is 11.6. The number of rotatable bonds is 2. The number of aromatic hydroxyl groups is 1. The lowest BCUT2D eigenvalue weighted by Gasteiger charge is -2.51. The van der Waals surface area contributed by atoms with E-state index in [1.807, 2.05) is 0 Å². The number of carboxylic acid groups (broad SMARTS) is 1. The third kappa shape index (κ3) is 2.89. The minimum atomic E-state index is -2.21. The second-order valence-corrected chi connectivity index (χ2v) is 7.60. The number of ether oxygens (including phenoxy) is 2. The SMILES string of the molecule is C[C@H]1C[C@H](O)[C@H](O)[C@@]2(O[C@H](CC(=O)O)CC3=C2C(=O)c2c(O)cccc2C3=O)O1. The highest BCUT2D eigenvalue weighted by Crippen LogP contribution is 2.48. The largest absolute Gasteiger partial charge is 0.507 e. The van der Waals surface area contributed by atoms with Gasteiger partial charge >= 0.3 is 5.97 Å². The normalized spacial score (nSPS) is 34.2. The van der Waals surface area contributed by atoms with Crippen molar-refractivity contribution >= 4 is 17.5 Å². The first-order chi connectivity index (χ1) is 13.7. The number of aliphatic carboxylic acids is 1. The first kappa shape index (κ1) is 19.7. The molecule has 1 aromatic rings. The zero-order chi connectivity index (χ0) is 21.1. The first-order valence-electron chi connectivity index (χ1n) is 9.24. The van der Waals surface area contributed by atoms with Gasteiger partial charge in [0.2, 0.25) is 5.79 Å². The lowest BCUT2D eigenvalue weighted by atomic mass is 9.73. The molecule has 1 saturated heterocycles. The van der Waals surface area contributed by atoms with Gasteiger partial charge in [0.15, 0.2) is 11.6 Å². The Morgan fingerprint density at radius 3 is 2.62 bits per heavy atom. The Balaban J connectivity index is 1.94. The van der Waals surface area contributed by atoms with E-state index >= 15 is 0 Å². The van der Waals surface area contributed by atoms with Gasteiger partial charge in [0.1, 0.15) is 11.9 Å². The van der Waals surface area contributed by atoms with Gasteiger partial charge < -0.3 is 29.9 Å². The second-order valence-electron chi connectivity index (χ2n) is 7.60. The standard InChI is InChI=1S/C20H20O9/c1-8-5-13(22)19(27)20(28-8)16-11(6-9(29-20)7-14(23)24)17(25)10-3-2-4-12(21)15(10)18(16)26/h2-4,8-9,13,19,21-22,27H,5-7H2,1H3,(H,23,24)/t8-,9-,13-,19-,20+/m0/s1. The van der Waals surface area contributed by atoms with Crippen molar-refractivity contribution in [2.75, 3.05) is 0 Å². The lowest BCUT2D eigenvalue weighted by Crippen LogP contribution is -2.64. The molecule has 4 rings (SSSR count). The highest BCUT2D eigenvalue weighted by molar-refractivity contribution is 6.28. The smallest absolute Gasteiger partial charge is 0.305 e. The Morgan fingerprint density at radius 1 is 1.21 bits per heavy atom. The Hall–Kier alpha value is -2.59. The monoisotopic (exact) mass is 404 g/mol. The van der Waals surface area contributed by atoms with Crippen molar-refractivity contribution in [1.29, 1.82) is 0 Å². The summed E-state index contributed by atoms with van der Waals surface area (Å²) in [5.41, 5.74) is -0.583. The molecule has 1 aliphatic carbocycles. The van der Waals surface area contributed by atoms with Crippen LogP contribution in [0.4, 0.5) is 0 Å². The summed E-state index contributed by atoms with van der Waals surface area (Å²) in [6.45, 7) is 1.60. The Kier molecular flexibility index (Phi) is 4.58. The predicted octanol–water partition coefficient (Wildman–Crippen LogP) is 0.558. The number of phenols is 1. The van der Waals surface area contributed by atoms with Crippen LogP contribution in [0.2, 0.25) is 0 Å². The number of carbonyl (C=O) groups is 3. The Bertz CT molecular complexity index is 949. The number of benzene rings is 1. The third-order valence-corrected chi connectivity index (χ3v) is 5.54. The quantitative estimate of drug-likeness (QED) is 0.554. The number of fused-ring (bicyclic) bond motifs is 2. The lowest BCUT2D eigenvalue weighted by molar-refractivity contribution is -0.333. The summed E-state index contributed by atoms with van der Waals surface area (Å²) in [7, 11) is 0. The fourth-order valence-electron chi connectivity index (χ4n) is 4.40. The molecule has 5 atom stereocenters. The molecule has 1 aromatic carbocycles. The van der Waals surface area contributed by atoms with Gasteiger partial charge in [-0.25, -0.2) is 0 Å². The molecule has 9 heteroatoms. The van der Waals surface area contributed by atoms with Gasteiger partial charge in [-0.05, 0) is 13.0 Å². The molecular weight excluding hydrogens is 384 g/mol. The maximum atomic E-state index is 13.3. The molecule has 0 bridgehead atoms. The van der Waals surface area contributed by atoms with E-state index in [0.717, 1.165) is 0 Å². The van der Waals surface area contributed by atoms with Gasteiger partial charge in [0, 0.05) is 24.0 Å². The number of hydrogen-bond donors (Lipinski definition) is 4. The van der Waals surface area contributed by atoms with Crippen LogP contribution in [0.25, 0.3) is 0 Å². The van der Waals surface area contributed by atoms with Crippen LogP contribution in [0.5, 0.6) is 5.75 Å². The molecule has 0 aromatic heterocycles. The molecule has 3 aliphatic rings. The van der Waals surface area contributed by atoms with E-state index in [1.165, 1.54) is 18.2 Å². The van der Waals surface area contributed by atoms with Crippen molar-refractivity contribution in [3.8, 4) is 5.75 Å². The highest BCUT2D eigenvalue weighted by atomic mass is 16.7. The van der Waals surface area contributed by atoms with Crippen LogP contribution >= 0.6 is 0 Å². The summed E-state index contributed by atoms with van der Waals surface area (Å²) in [6.07, 6.45) is -5.39. The van der Waals surface area contributed by atoms with Crippen LogP contribution < -0.4 is 0 Å². The van der Waals surface area contributed by atoms with Crippen LogP contribution in [0.3, 0.4) is 0 Å². The van der Waals surface area contributed by atoms with Crippen LogP contribution in [0.15, 0.2) is 29.3 Å². The van der Waals surface area contributed by atoms with Crippen LogP contribution in [-0.2, 0) is 14.3 Å². The second kappa shape index (κ2) is 6.74. The third-order valence-electron chi connectivity index (χ3n) is 5.54. The number of aliphatic hydroxyl groups is 2. The van der Waals surface area contributed by atoms with Gasteiger partial charge in [-0.15, -0.1) is 0 Å². The summed E-state index contributed by atoms with van der Waals surface area (Å²) >= 11 is 0. The van der Waals surface area contributed by atoms with Crippen LogP contribution in [-0.4, -0.2) is 68.2 Å². The van der Waals surface area contributed by atoms with Crippen LogP contribution in [0.1, 0.15) is 46.9 Å². The van der Waals surface area contributed by atoms with E-state index < -0.39 is 59.9 Å². The van der Waals surface area contributed by atoms with Crippen LogP contribution in [0, 0.1) is 0 Å². The van der Waals surface area contributed by atoms with Gasteiger partial charge in [-0.3, -0.25) is 14.4 Å². The molecule has 0 unspecified atom stereocenters. The molecule has 1 spiro atoms. The highest BCUT2D eigenvalue weighted by Gasteiger charge is 2.60. The zero-order valence-corrected chi connectivity index (χ0v) is 15.5. The first-order valence-corrected chi connectivity index (χ1v) is 9.24. The topological polar surface area (TPSA) is 151 Å². The van der Waals surface area contributed by atoms with E-state index in [1.54, 1.807) is 6.92 Å². The minimum absolute atomic E-state index is 0.0150. The fourth-order valence-corrected chi connectivity index (χ4v) is 4.40. The van der Waals surface area contributed by atoms with Gasteiger partial charge in [-0.1, -0.05) is 12.1 Å². The maximum absolute atomic E-state index is 13.3. The number of ketones is 2. The van der Waals surface area contributed by atoms with Crippen molar-refractivity contribution in [2.24, 2.45) is 0 Å². The van der Waals surface area contributed by atoms with E-state index in [9.17, 15) is 34.8 Å². The van der Waals surface area contributed by atoms with Gasteiger partial charge in [-0.2, -0.15) is 0 Å². The predicted molar refractivity (Wildman–Crippen MR) is 95.4 cm³/mol. The molecule has 2 aliphatic heterocycles. The summed E-state index contributed by atoms with van der Waals surface area (Å²) in [5, 5.41) is 40.5. The summed E-state index contributed by atoms with van der Waals surface area (Å²) in [6, 6.07) is 4.07. The number of hydrogen-bond acceptors (Lipinski definition) is 8. The number of carbonyl (C=O) groups excluding carboxylic acids is 2. The average Bonchev–Trinajstić information content (AvgIpc) is 2.63. The molecule has 9 nitrogen and oxygen atoms in total. The Morgan fingerprint density at radius 2 is 1.93 bits per heavy atom. The molecule has 0 radical (unpaired) electrons. The minimum Gasteiger partial charge on any atom is -0.507 e.